The first-order valence-corrected chi connectivity index (χ1v) is 15.5. The Kier molecular flexibility index (Phi) is 8.43. The molecule has 0 radical (unpaired) electrons. The van der Waals surface area contributed by atoms with Gasteiger partial charge >= 0.3 is 6.09 Å². The van der Waals surface area contributed by atoms with Gasteiger partial charge in [-0.3, -0.25) is 9.69 Å². The van der Waals surface area contributed by atoms with Crippen LogP contribution in [-0.2, 0) is 23.2 Å². The van der Waals surface area contributed by atoms with Gasteiger partial charge in [-0.2, -0.15) is 0 Å². The normalized spacial score (nSPS) is 18.0. The average molecular weight is 656 g/mol. The van der Waals surface area contributed by atoms with E-state index in [1.165, 1.54) is 6.07 Å². The van der Waals surface area contributed by atoms with Crippen LogP contribution < -0.4 is 0 Å². The molecule has 1 fully saturated rings. The lowest BCUT2D eigenvalue weighted by molar-refractivity contribution is 0.000658. The third-order valence-electron chi connectivity index (χ3n) is 8.40. The minimum Gasteiger partial charge on any atom is -0.444 e. The number of rotatable bonds is 4. The SMILES string of the molecule is Cc1ccc(C(=O)N2Cc3c(ccc(F)c3Br)CC2C)c(-n2cc(C(C)(C)N3CCN(C(=O)OC(C)(C)C)CC3)nn2)c1. The third-order valence-corrected chi connectivity index (χ3v) is 9.26. The molecule has 230 valence electrons. The molecule has 1 unspecified atom stereocenters. The summed E-state index contributed by atoms with van der Waals surface area (Å²) >= 11 is 3.39. The molecular formula is C32H40BrFN6O3. The Balaban J connectivity index is 1.37. The van der Waals surface area contributed by atoms with Gasteiger partial charge in [-0.15, -0.1) is 5.10 Å². The molecule has 0 saturated carbocycles. The molecule has 2 aliphatic heterocycles. The van der Waals surface area contributed by atoms with E-state index in [1.54, 1.807) is 20.5 Å². The number of hydrogen-bond acceptors (Lipinski definition) is 6. The number of amides is 2. The summed E-state index contributed by atoms with van der Waals surface area (Å²) in [5.41, 5.74) is 3.75. The number of fused-ring (bicyclic) bond motifs is 1. The maximum Gasteiger partial charge on any atom is 0.410 e. The summed E-state index contributed by atoms with van der Waals surface area (Å²) in [5, 5.41) is 9.01. The van der Waals surface area contributed by atoms with E-state index >= 15 is 0 Å². The van der Waals surface area contributed by atoms with Crippen molar-refractivity contribution in [3.63, 3.8) is 0 Å². The van der Waals surface area contributed by atoms with Crippen LogP contribution in [0.15, 0.2) is 41.0 Å². The van der Waals surface area contributed by atoms with Crippen LogP contribution in [0, 0.1) is 12.7 Å². The first-order valence-electron chi connectivity index (χ1n) is 14.7. The number of carbonyl (C=O) groups excluding carboxylic acids is 2. The lowest BCUT2D eigenvalue weighted by Crippen LogP contribution is -2.55. The van der Waals surface area contributed by atoms with Gasteiger partial charge in [0.25, 0.3) is 5.91 Å². The molecule has 5 rings (SSSR count). The van der Waals surface area contributed by atoms with Gasteiger partial charge in [0.1, 0.15) is 17.1 Å². The smallest absolute Gasteiger partial charge is 0.410 e. The topological polar surface area (TPSA) is 83.8 Å². The highest BCUT2D eigenvalue weighted by molar-refractivity contribution is 9.10. The van der Waals surface area contributed by atoms with Crippen molar-refractivity contribution in [2.75, 3.05) is 26.2 Å². The van der Waals surface area contributed by atoms with Crippen molar-refractivity contribution in [1.82, 2.24) is 29.7 Å². The van der Waals surface area contributed by atoms with Crippen LogP contribution in [-0.4, -0.2) is 79.5 Å². The zero-order valence-electron chi connectivity index (χ0n) is 25.9. The minimum atomic E-state index is -0.534. The van der Waals surface area contributed by atoms with Crippen LogP contribution in [0.5, 0.6) is 0 Å². The molecule has 9 nitrogen and oxygen atoms in total. The highest BCUT2D eigenvalue weighted by Crippen LogP contribution is 2.33. The molecule has 0 spiro atoms. The second kappa shape index (κ2) is 11.6. The van der Waals surface area contributed by atoms with Gasteiger partial charge < -0.3 is 14.5 Å². The molecule has 1 saturated heterocycles. The average Bonchev–Trinajstić information content (AvgIpc) is 3.45. The molecule has 2 aliphatic rings. The van der Waals surface area contributed by atoms with Crippen LogP contribution in [0.2, 0.25) is 0 Å². The second-order valence-corrected chi connectivity index (χ2v) is 13.9. The molecule has 0 N–H and O–H groups in total. The quantitative estimate of drug-likeness (QED) is 0.351. The summed E-state index contributed by atoms with van der Waals surface area (Å²) in [4.78, 5) is 32.4. The highest BCUT2D eigenvalue weighted by atomic mass is 79.9. The van der Waals surface area contributed by atoms with Crippen molar-refractivity contribution in [2.45, 2.75) is 78.6 Å². The summed E-state index contributed by atoms with van der Waals surface area (Å²) in [6, 6.07) is 8.91. The standard InChI is InChI=1S/C32H40BrFN6O3/c1-20-8-10-23(29(41)39-18-24-22(17-21(39)2)9-11-25(34)28(24)33)26(16-20)40-19-27(35-36-40)32(6,7)38-14-12-37(13-15-38)30(42)43-31(3,4)5/h8-11,16,19,21H,12-15,17-18H2,1-7H3. The van der Waals surface area contributed by atoms with Crippen molar-refractivity contribution < 1.29 is 18.7 Å². The molecule has 2 aromatic carbocycles. The van der Waals surface area contributed by atoms with E-state index in [-0.39, 0.29) is 23.9 Å². The molecule has 3 heterocycles. The van der Waals surface area contributed by atoms with Gasteiger partial charge in [-0.25, -0.2) is 13.9 Å². The van der Waals surface area contributed by atoms with Gasteiger partial charge in [0.2, 0.25) is 0 Å². The van der Waals surface area contributed by atoms with Crippen LogP contribution >= 0.6 is 15.9 Å². The Morgan fingerprint density at radius 1 is 1.05 bits per heavy atom. The number of piperazine rings is 1. The fourth-order valence-electron chi connectivity index (χ4n) is 5.79. The summed E-state index contributed by atoms with van der Waals surface area (Å²) in [6.07, 6.45) is 2.23. The molecule has 43 heavy (non-hydrogen) atoms. The predicted octanol–water partition coefficient (Wildman–Crippen LogP) is 5.85. The summed E-state index contributed by atoms with van der Waals surface area (Å²) in [6.45, 7) is 16.5. The molecular weight excluding hydrogens is 615 g/mol. The lowest BCUT2D eigenvalue weighted by atomic mass is 9.93. The van der Waals surface area contributed by atoms with Crippen LogP contribution in [0.25, 0.3) is 5.69 Å². The zero-order valence-corrected chi connectivity index (χ0v) is 27.5. The molecule has 1 aromatic heterocycles. The van der Waals surface area contributed by atoms with E-state index in [1.807, 2.05) is 59.0 Å². The molecule has 3 aromatic rings. The Labute approximate surface area is 261 Å². The number of halogens is 2. The van der Waals surface area contributed by atoms with Gasteiger partial charge in [-0.05, 0) is 106 Å². The first-order chi connectivity index (χ1) is 20.2. The Hall–Kier alpha value is -3.31. The van der Waals surface area contributed by atoms with Crippen LogP contribution in [0.1, 0.15) is 74.3 Å². The number of aryl methyl sites for hydroxylation is 1. The van der Waals surface area contributed by atoms with E-state index in [0.717, 1.165) is 22.4 Å². The van der Waals surface area contributed by atoms with Gasteiger partial charge in [0.05, 0.1) is 27.5 Å². The van der Waals surface area contributed by atoms with E-state index in [0.29, 0.717) is 54.9 Å². The minimum absolute atomic E-state index is 0.0592. The van der Waals surface area contributed by atoms with E-state index < -0.39 is 11.1 Å². The molecule has 0 bridgehead atoms. The van der Waals surface area contributed by atoms with Crippen molar-refractivity contribution in [3.05, 3.63) is 74.8 Å². The first kappa shape index (κ1) is 31.1. The molecule has 0 aliphatic carbocycles. The number of aromatic nitrogens is 3. The van der Waals surface area contributed by atoms with E-state index in [4.69, 9.17) is 4.74 Å². The fraction of sp³-hybridized carbons (Fsp3) is 0.500. The van der Waals surface area contributed by atoms with Crippen LogP contribution in [0.4, 0.5) is 9.18 Å². The number of nitrogens with zero attached hydrogens (tertiary/aromatic N) is 6. The monoisotopic (exact) mass is 654 g/mol. The maximum absolute atomic E-state index is 14.3. The highest BCUT2D eigenvalue weighted by Gasteiger charge is 2.36. The van der Waals surface area contributed by atoms with Crippen molar-refractivity contribution in [1.29, 1.82) is 0 Å². The number of benzene rings is 2. The lowest BCUT2D eigenvalue weighted by Gasteiger charge is -2.43. The van der Waals surface area contributed by atoms with Gasteiger partial charge in [0, 0.05) is 38.8 Å². The Morgan fingerprint density at radius 2 is 1.74 bits per heavy atom. The van der Waals surface area contributed by atoms with Crippen molar-refractivity contribution in [3.8, 4) is 5.69 Å². The number of ether oxygens (including phenoxy) is 1. The zero-order chi connectivity index (χ0) is 31.3. The van der Waals surface area contributed by atoms with Gasteiger partial charge in [0.15, 0.2) is 0 Å². The Morgan fingerprint density at radius 3 is 2.42 bits per heavy atom. The molecule has 2 amide bonds. The van der Waals surface area contributed by atoms with Crippen LogP contribution in [0.3, 0.4) is 0 Å². The Bertz CT molecular complexity index is 1540. The molecule has 11 heteroatoms. The molecule has 1 atom stereocenters. The number of hydrogen-bond donors (Lipinski definition) is 0. The van der Waals surface area contributed by atoms with Crippen molar-refractivity contribution >= 4 is 27.9 Å². The van der Waals surface area contributed by atoms with Crippen molar-refractivity contribution in [2.24, 2.45) is 0 Å². The maximum atomic E-state index is 14.3. The predicted molar refractivity (Wildman–Crippen MR) is 166 cm³/mol. The van der Waals surface area contributed by atoms with Gasteiger partial charge in [-0.1, -0.05) is 17.3 Å². The second-order valence-electron chi connectivity index (χ2n) is 13.1. The largest absolute Gasteiger partial charge is 0.444 e. The third kappa shape index (κ3) is 6.33. The summed E-state index contributed by atoms with van der Waals surface area (Å²) < 4.78 is 22.0. The van der Waals surface area contributed by atoms with E-state index in [9.17, 15) is 14.0 Å². The fourth-order valence-corrected chi connectivity index (χ4v) is 6.30. The van der Waals surface area contributed by atoms with E-state index in [2.05, 4.69) is 45.0 Å². The summed E-state index contributed by atoms with van der Waals surface area (Å²) in [7, 11) is 0. The summed E-state index contributed by atoms with van der Waals surface area (Å²) in [5.74, 6) is -0.473. The number of carbonyl (C=O) groups is 2.